The quantitative estimate of drug-likeness (QED) is 0.412. The van der Waals surface area contributed by atoms with Crippen molar-refractivity contribution < 1.29 is 13.9 Å². The lowest BCUT2D eigenvalue weighted by atomic mass is 10.1. The normalized spacial score (nSPS) is 11.0. The van der Waals surface area contributed by atoms with E-state index in [1.807, 2.05) is 84.9 Å². The molecule has 5 nitrogen and oxygen atoms in total. The second-order valence-corrected chi connectivity index (χ2v) is 6.95. The number of hydrogen-bond acceptors (Lipinski definition) is 4. The minimum Gasteiger partial charge on any atom is -0.497 e. The number of benzene rings is 4. The van der Waals surface area contributed by atoms with Gasteiger partial charge in [0.05, 0.1) is 7.11 Å². The van der Waals surface area contributed by atoms with Crippen LogP contribution in [0.4, 0.5) is 5.69 Å². The molecule has 0 aliphatic rings. The molecule has 146 valence electrons. The molecule has 0 atom stereocenters. The Balaban J connectivity index is 1.40. The zero-order valence-corrected chi connectivity index (χ0v) is 16.3. The molecule has 0 radical (unpaired) electrons. The number of nitrogens with one attached hydrogen (secondary N) is 1. The Morgan fingerprint density at radius 1 is 0.900 bits per heavy atom. The van der Waals surface area contributed by atoms with E-state index >= 15 is 0 Å². The van der Waals surface area contributed by atoms with E-state index in [-0.39, 0.29) is 5.91 Å². The maximum Gasteiger partial charge on any atom is 0.255 e. The van der Waals surface area contributed by atoms with Gasteiger partial charge < -0.3 is 14.5 Å². The number of rotatable bonds is 4. The molecule has 5 aromatic rings. The molecule has 0 fully saturated rings. The summed E-state index contributed by atoms with van der Waals surface area (Å²) in [5.74, 6) is 1.12. The van der Waals surface area contributed by atoms with Crippen LogP contribution < -0.4 is 10.1 Å². The number of aromatic nitrogens is 1. The molecule has 5 rings (SSSR count). The summed E-state index contributed by atoms with van der Waals surface area (Å²) in [6.07, 6.45) is 0. The zero-order chi connectivity index (χ0) is 20.5. The van der Waals surface area contributed by atoms with Crippen LogP contribution in [-0.4, -0.2) is 18.0 Å². The highest BCUT2D eigenvalue weighted by atomic mass is 16.5. The Labute approximate surface area is 172 Å². The number of amides is 1. The van der Waals surface area contributed by atoms with E-state index in [1.165, 1.54) is 0 Å². The van der Waals surface area contributed by atoms with Crippen LogP contribution in [0.15, 0.2) is 89.3 Å². The molecule has 0 aliphatic heterocycles. The second kappa shape index (κ2) is 7.37. The van der Waals surface area contributed by atoms with Gasteiger partial charge in [0.1, 0.15) is 11.3 Å². The fourth-order valence-electron chi connectivity index (χ4n) is 3.40. The van der Waals surface area contributed by atoms with Crippen molar-refractivity contribution in [2.75, 3.05) is 12.4 Å². The molecule has 0 spiro atoms. The molecule has 30 heavy (non-hydrogen) atoms. The summed E-state index contributed by atoms with van der Waals surface area (Å²) < 4.78 is 11.0. The topological polar surface area (TPSA) is 64.4 Å². The number of hydrogen-bond donors (Lipinski definition) is 1. The van der Waals surface area contributed by atoms with Crippen LogP contribution in [-0.2, 0) is 0 Å². The van der Waals surface area contributed by atoms with Gasteiger partial charge in [-0.1, -0.05) is 30.3 Å². The van der Waals surface area contributed by atoms with Crippen LogP contribution in [0.5, 0.6) is 5.75 Å². The predicted octanol–water partition coefficient (Wildman–Crippen LogP) is 5.91. The van der Waals surface area contributed by atoms with Crippen molar-refractivity contribution in [2.24, 2.45) is 0 Å². The molecule has 0 unspecified atom stereocenters. The van der Waals surface area contributed by atoms with Gasteiger partial charge in [0.25, 0.3) is 5.91 Å². The number of anilines is 1. The first kappa shape index (κ1) is 17.9. The third-order valence-corrected chi connectivity index (χ3v) is 4.99. The van der Waals surface area contributed by atoms with E-state index in [9.17, 15) is 4.79 Å². The lowest BCUT2D eigenvalue weighted by molar-refractivity contribution is 0.102. The van der Waals surface area contributed by atoms with E-state index in [4.69, 9.17) is 9.15 Å². The van der Waals surface area contributed by atoms with Crippen molar-refractivity contribution in [1.29, 1.82) is 0 Å². The van der Waals surface area contributed by atoms with Crippen LogP contribution in [0.3, 0.4) is 0 Å². The molecule has 1 heterocycles. The van der Waals surface area contributed by atoms with Gasteiger partial charge in [0.15, 0.2) is 5.58 Å². The molecule has 5 heteroatoms. The summed E-state index contributed by atoms with van der Waals surface area (Å²) in [5, 5.41) is 5.07. The lowest BCUT2D eigenvalue weighted by Gasteiger charge is -2.06. The summed E-state index contributed by atoms with van der Waals surface area (Å²) >= 11 is 0. The second-order valence-electron chi connectivity index (χ2n) is 6.95. The van der Waals surface area contributed by atoms with Crippen LogP contribution in [0.1, 0.15) is 10.4 Å². The van der Waals surface area contributed by atoms with Gasteiger partial charge in [-0.25, -0.2) is 4.98 Å². The standard InChI is InChI=1S/C25H18N2O3/c1-29-21-11-8-17(9-12-21)25-27-22-15-20(10-13-23(22)30-25)26-24(28)19-7-6-16-4-2-3-5-18(16)14-19/h2-15H,1H3,(H,26,28). The number of methoxy groups -OCH3 is 1. The number of ether oxygens (including phenoxy) is 1. The van der Waals surface area contributed by atoms with E-state index in [1.54, 1.807) is 7.11 Å². The van der Waals surface area contributed by atoms with Crippen molar-refractivity contribution in [3.05, 3.63) is 90.5 Å². The molecular formula is C25H18N2O3. The first-order chi connectivity index (χ1) is 14.7. The summed E-state index contributed by atoms with van der Waals surface area (Å²) in [4.78, 5) is 17.3. The average Bonchev–Trinajstić information content (AvgIpc) is 3.22. The summed E-state index contributed by atoms with van der Waals surface area (Å²) in [7, 11) is 1.63. The Morgan fingerprint density at radius 3 is 2.50 bits per heavy atom. The SMILES string of the molecule is COc1ccc(-c2nc3cc(NC(=O)c4ccc5ccccc5c4)ccc3o2)cc1. The highest BCUT2D eigenvalue weighted by Gasteiger charge is 2.11. The van der Waals surface area contributed by atoms with Crippen LogP contribution in [0.25, 0.3) is 33.3 Å². The number of nitrogens with zero attached hydrogens (tertiary/aromatic N) is 1. The minimum atomic E-state index is -0.168. The molecule has 0 saturated carbocycles. The van der Waals surface area contributed by atoms with Crippen molar-refractivity contribution in [1.82, 2.24) is 4.98 Å². The Bertz CT molecular complexity index is 1370. The maximum absolute atomic E-state index is 12.7. The van der Waals surface area contributed by atoms with Gasteiger partial charge in [-0.2, -0.15) is 0 Å². The molecule has 1 aromatic heterocycles. The van der Waals surface area contributed by atoms with Crippen molar-refractivity contribution >= 4 is 33.5 Å². The third kappa shape index (κ3) is 3.37. The van der Waals surface area contributed by atoms with Gasteiger partial charge in [-0.15, -0.1) is 0 Å². The summed E-state index contributed by atoms with van der Waals surface area (Å²) in [6, 6.07) is 26.6. The Hall–Kier alpha value is -4.12. The Morgan fingerprint density at radius 2 is 1.70 bits per heavy atom. The molecule has 1 N–H and O–H groups in total. The Kier molecular flexibility index (Phi) is 4.41. The van der Waals surface area contributed by atoms with Gasteiger partial charge in [-0.3, -0.25) is 4.79 Å². The fraction of sp³-hybridized carbons (Fsp3) is 0.0400. The third-order valence-electron chi connectivity index (χ3n) is 4.99. The average molecular weight is 394 g/mol. The lowest BCUT2D eigenvalue weighted by Crippen LogP contribution is -2.11. The van der Waals surface area contributed by atoms with Gasteiger partial charge in [-0.05, 0) is 65.4 Å². The summed E-state index contributed by atoms with van der Waals surface area (Å²) in [5.41, 5.74) is 3.46. The van der Waals surface area contributed by atoms with Crippen LogP contribution in [0.2, 0.25) is 0 Å². The van der Waals surface area contributed by atoms with Crippen LogP contribution in [0, 0.1) is 0 Å². The molecule has 0 bridgehead atoms. The first-order valence-electron chi connectivity index (χ1n) is 9.55. The van der Waals surface area contributed by atoms with E-state index in [0.717, 1.165) is 22.1 Å². The van der Waals surface area contributed by atoms with Crippen molar-refractivity contribution in [2.45, 2.75) is 0 Å². The predicted molar refractivity (Wildman–Crippen MR) is 118 cm³/mol. The number of fused-ring (bicyclic) bond motifs is 2. The fourth-order valence-corrected chi connectivity index (χ4v) is 3.40. The van der Waals surface area contributed by atoms with Gasteiger partial charge in [0, 0.05) is 16.8 Å². The minimum absolute atomic E-state index is 0.168. The first-order valence-corrected chi connectivity index (χ1v) is 9.55. The zero-order valence-electron chi connectivity index (χ0n) is 16.3. The number of carbonyl (C=O) groups is 1. The number of carbonyl (C=O) groups excluding carboxylic acids is 1. The van der Waals surface area contributed by atoms with E-state index in [2.05, 4.69) is 10.3 Å². The number of oxazole rings is 1. The molecule has 4 aromatic carbocycles. The maximum atomic E-state index is 12.7. The summed E-state index contributed by atoms with van der Waals surface area (Å²) in [6.45, 7) is 0. The largest absolute Gasteiger partial charge is 0.497 e. The van der Waals surface area contributed by atoms with E-state index < -0.39 is 0 Å². The van der Waals surface area contributed by atoms with Crippen molar-refractivity contribution in [3.8, 4) is 17.2 Å². The monoisotopic (exact) mass is 394 g/mol. The highest BCUT2D eigenvalue weighted by molar-refractivity contribution is 6.07. The highest BCUT2D eigenvalue weighted by Crippen LogP contribution is 2.27. The molecule has 0 saturated heterocycles. The van der Waals surface area contributed by atoms with Gasteiger partial charge in [0.2, 0.25) is 5.89 Å². The van der Waals surface area contributed by atoms with Crippen LogP contribution >= 0.6 is 0 Å². The molecular weight excluding hydrogens is 376 g/mol. The molecule has 0 aliphatic carbocycles. The van der Waals surface area contributed by atoms with Crippen molar-refractivity contribution in [3.63, 3.8) is 0 Å². The smallest absolute Gasteiger partial charge is 0.255 e. The van der Waals surface area contributed by atoms with E-state index in [0.29, 0.717) is 28.2 Å². The molecule has 1 amide bonds. The van der Waals surface area contributed by atoms with Gasteiger partial charge >= 0.3 is 0 Å².